The van der Waals surface area contributed by atoms with E-state index < -0.39 is 6.10 Å². The van der Waals surface area contributed by atoms with Crippen molar-refractivity contribution >= 4 is 5.71 Å². The van der Waals surface area contributed by atoms with Gasteiger partial charge in [0.25, 0.3) is 0 Å². The lowest BCUT2D eigenvalue weighted by Crippen LogP contribution is -2.40. The first kappa shape index (κ1) is 23.3. The molecule has 0 radical (unpaired) electrons. The van der Waals surface area contributed by atoms with Gasteiger partial charge in [-0.2, -0.15) is 0 Å². The molecule has 2 aromatic carbocycles. The van der Waals surface area contributed by atoms with E-state index in [1.54, 1.807) is 7.11 Å². The number of benzene rings is 2. The van der Waals surface area contributed by atoms with Crippen molar-refractivity contribution in [2.24, 2.45) is 5.16 Å². The summed E-state index contributed by atoms with van der Waals surface area (Å²) >= 11 is 0. The Morgan fingerprint density at radius 1 is 1.16 bits per heavy atom. The molecule has 0 spiro atoms. The summed E-state index contributed by atoms with van der Waals surface area (Å²) in [5.74, 6) is 0.820. The molecule has 0 amide bonds. The quantitative estimate of drug-likeness (QED) is 0.625. The van der Waals surface area contributed by atoms with Crippen LogP contribution in [0.1, 0.15) is 38.3 Å². The van der Waals surface area contributed by atoms with E-state index in [4.69, 9.17) is 14.3 Å². The molecule has 0 saturated carbocycles. The fraction of sp³-hybridized carbons (Fsp3) is 0.480. The van der Waals surface area contributed by atoms with E-state index >= 15 is 0 Å². The average molecular weight is 427 g/mol. The van der Waals surface area contributed by atoms with Crippen LogP contribution in [0.15, 0.2) is 59.8 Å². The minimum absolute atomic E-state index is 0.0588. The normalized spacial score (nSPS) is 17.4. The zero-order valence-corrected chi connectivity index (χ0v) is 19.0. The molecule has 2 aromatic rings. The van der Waals surface area contributed by atoms with Gasteiger partial charge in [0, 0.05) is 26.1 Å². The molecule has 1 aliphatic rings. The van der Waals surface area contributed by atoms with Crippen molar-refractivity contribution in [2.45, 2.75) is 51.5 Å². The average Bonchev–Trinajstić information content (AvgIpc) is 3.21. The Balaban J connectivity index is 1.63. The van der Waals surface area contributed by atoms with Gasteiger partial charge in [0.2, 0.25) is 0 Å². The zero-order valence-electron chi connectivity index (χ0n) is 19.0. The van der Waals surface area contributed by atoms with Gasteiger partial charge in [-0.15, -0.1) is 0 Å². The number of ether oxygens (including phenoxy) is 2. The van der Waals surface area contributed by atoms with Gasteiger partial charge in [-0.1, -0.05) is 47.6 Å². The highest BCUT2D eigenvalue weighted by Crippen LogP contribution is 2.20. The number of methoxy groups -OCH3 is 1. The Labute approximate surface area is 185 Å². The SMILES string of the molecule is COc1cccc(CN(C[C@@H](O)COC(C)(C)C)C[C@H]2CC(c3ccccc3)=NO2)c1. The van der Waals surface area contributed by atoms with Gasteiger partial charge in [0.1, 0.15) is 11.9 Å². The second kappa shape index (κ2) is 10.8. The summed E-state index contributed by atoms with van der Waals surface area (Å²) in [5.41, 5.74) is 2.88. The van der Waals surface area contributed by atoms with Crippen LogP contribution in [0.25, 0.3) is 0 Å². The second-order valence-corrected chi connectivity index (χ2v) is 8.96. The molecule has 1 heterocycles. The van der Waals surface area contributed by atoms with Crippen LogP contribution in [0.3, 0.4) is 0 Å². The Bertz CT molecular complexity index is 848. The molecule has 168 valence electrons. The van der Waals surface area contributed by atoms with Crippen LogP contribution in [0.2, 0.25) is 0 Å². The summed E-state index contributed by atoms with van der Waals surface area (Å²) in [6.07, 6.45) is 0.0880. The highest BCUT2D eigenvalue weighted by molar-refractivity contribution is 6.01. The smallest absolute Gasteiger partial charge is 0.145 e. The Morgan fingerprint density at radius 2 is 1.94 bits per heavy atom. The molecular weight excluding hydrogens is 392 g/mol. The third-order valence-electron chi connectivity index (χ3n) is 5.02. The number of oxime groups is 1. The van der Waals surface area contributed by atoms with E-state index in [1.807, 2.05) is 69.3 Å². The van der Waals surface area contributed by atoms with Gasteiger partial charge in [-0.3, -0.25) is 4.90 Å². The molecule has 0 aliphatic carbocycles. The lowest BCUT2D eigenvalue weighted by atomic mass is 10.0. The Hall–Kier alpha value is -2.41. The van der Waals surface area contributed by atoms with E-state index in [9.17, 15) is 5.11 Å². The standard InChI is InChI=1S/C25H34N2O4/c1-25(2,3)30-18-21(28)16-27(15-19-9-8-12-22(13-19)29-4)17-23-14-24(26-31-23)20-10-6-5-7-11-20/h5-13,21,23,28H,14-18H2,1-4H3/t21-,23-/m1/s1. The van der Waals surface area contributed by atoms with Crippen LogP contribution in [0.4, 0.5) is 0 Å². The van der Waals surface area contributed by atoms with Crippen LogP contribution >= 0.6 is 0 Å². The third kappa shape index (κ3) is 7.65. The third-order valence-corrected chi connectivity index (χ3v) is 5.02. The monoisotopic (exact) mass is 426 g/mol. The van der Waals surface area contributed by atoms with Gasteiger partial charge >= 0.3 is 0 Å². The fourth-order valence-corrected chi connectivity index (χ4v) is 3.54. The van der Waals surface area contributed by atoms with Crippen molar-refractivity contribution in [2.75, 3.05) is 26.8 Å². The van der Waals surface area contributed by atoms with Gasteiger partial charge in [-0.05, 0) is 44.0 Å². The molecule has 31 heavy (non-hydrogen) atoms. The van der Waals surface area contributed by atoms with E-state index in [2.05, 4.69) is 16.1 Å². The van der Waals surface area contributed by atoms with Crippen molar-refractivity contribution in [3.8, 4) is 5.75 Å². The van der Waals surface area contributed by atoms with E-state index in [1.165, 1.54) is 0 Å². The summed E-state index contributed by atoms with van der Waals surface area (Å²) in [5, 5.41) is 14.9. The Morgan fingerprint density at radius 3 is 2.65 bits per heavy atom. The maximum absolute atomic E-state index is 10.6. The summed E-state index contributed by atoms with van der Waals surface area (Å²) in [7, 11) is 1.67. The summed E-state index contributed by atoms with van der Waals surface area (Å²) in [6, 6.07) is 18.1. The largest absolute Gasteiger partial charge is 0.497 e. The number of hydrogen-bond acceptors (Lipinski definition) is 6. The number of aliphatic hydroxyl groups is 1. The van der Waals surface area contributed by atoms with Crippen molar-refractivity contribution in [1.29, 1.82) is 0 Å². The topological polar surface area (TPSA) is 63.5 Å². The Kier molecular flexibility index (Phi) is 8.07. The van der Waals surface area contributed by atoms with Gasteiger partial charge < -0.3 is 19.4 Å². The first-order valence-corrected chi connectivity index (χ1v) is 10.8. The molecule has 0 unspecified atom stereocenters. The van der Waals surface area contributed by atoms with Gasteiger partial charge in [-0.25, -0.2) is 0 Å². The number of rotatable bonds is 10. The summed E-state index contributed by atoms with van der Waals surface area (Å²) in [6.45, 7) is 8.06. The van der Waals surface area contributed by atoms with Crippen LogP contribution in [-0.2, 0) is 16.1 Å². The fourth-order valence-electron chi connectivity index (χ4n) is 3.54. The maximum Gasteiger partial charge on any atom is 0.145 e. The molecule has 6 nitrogen and oxygen atoms in total. The molecule has 1 aliphatic heterocycles. The molecule has 0 bridgehead atoms. The van der Waals surface area contributed by atoms with Crippen LogP contribution in [0, 0.1) is 0 Å². The highest BCUT2D eigenvalue weighted by Gasteiger charge is 2.26. The summed E-state index contributed by atoms with van der Waals surface area (Å²) in [4.78, 5) is 7.93. The molecular formula is C25H34N2O4. The summed E-state index contributed by atoms with van der Waals surface area (Å²) < 4.78 is 11.1. The maximum atomic E-state index is 10.6. The molecule has 0 fully saturated rings. The van der Waals surface area contributed by atoms with Crippen molar-refractivity contribution in [1.82, 2.24) is 4.90 Å². The molecule has 3 rings (SSSR count). The number of aliphatic hydroxyl groups excluding tert-OH is 1. The molecule has 6 heteroatoms. The molecule has 0 saturated heterocycles. The zero-order chi connectivity index (χ0) is 22.3. The second-order valence-electron chi connectivity index (χ2n) is 8.96. The van der Waals surface area contributed by atoms with Crippen LogP contribution < -0.4 is 4.74 Å². The van der Waals surface area contributed by atoms with Gasteiger partial charge in [0.15, 0.2) is 0 Å². The molecule has 1 N–H and O–H groups in total. The minimum atomic E-state index is -0.597. The predicted octanol–water partition coefficient (Wildman–Crippen LogP) is 3.87. The highest BCUT2D eigenvalue weighted by atomic mass is 16.6. The van der Waals surface area contributed by atoms with Crippen LogP contribution in [-0.4, -0.2) is 60.3 Å². The lowest BCUT2D eigenvalue weighted by Gasteiger charge is -2.28. The number of nitrogens with zero attached hydrogens (tertiary/aromatic N) is 2. The van der Waals surface area contributed by atoms with Crippen molar-refractivity contribution < 1.29 is 19.4 Å². The van der Waals surface area contributed by atoms with Crippen molar-refractivity contribution in [3.63, 3.8) is 0 Å². The van der Waals surface area contributed by atoms with E-state index in [-0.39, 0.29) is 18.3 Å². The van der Waals surface area contributed by atoms with E-state index in [0.29, 0.717) is 19.6 Å². The first-order valence-electron chi connectivity index (χ1n) is 10.8. The predicted molar refractivity (Wildman–Crippen MR) is 122 cm³/mol. The lowest BCUT2D eigenvalue weighted by molar-refractivity contribution is -0.0600. The molecule has 0 aromatic heterocycles. The molecule has 2 atom stereocenters. The van der Waals surface area contributed by atoms with Gasteiger partial charge in [0.05, 0.1) is 31.1 Å². The van der Waals surface area contributed by atoms with E-state index in [0.717, 1.165) is 29.0 Å². The first-order chi connectivity index (χ1) is 14.8. The van der Waals surface area contributed by atoms with Crippen molar-refractivity contribution in [3.05, 3.63) is 65.7 Å². The van der Waals surface area contributed by atoms with Crippen LogP contribution in [0.5, 0.6) is 5.75 Å². The minimum Gasteiger partial charge on any atom is -0.497 e. The number of hydrogen-bond donors (Lipinski definition) is 1.